The summed E-state index contributed by atoms with van der Waals surface area (Å²) in [6, 6.07) is 0. The van der Waals surface area contributed by atoms with Crippen LogP contribution in [0.2, 0.25) is 0 Å². The number of hydrogen-bond acceptors (Lipinski definition) is 3. The van der Waals surface area contributed by atoms with Crippen molar-refractivity contribution in [3.8, 4) is 11.5 Å². The fourth-order valence-electron chi connectivity index (χ4n) is 2.05. The van der Waals surface area contributed by atoms with Gasteiger partial charge in [0.05, 0.1) is 4.90 Å². The Balaban J connectivity index is 3.47. The molecule has 0 aromatic heterocycles. The lowest BCUT2D eigenvalue weighted by Crippen LogP contribution is -2.00. The van der Waals surface area contributed by atoms with Crippen LogP contribution in [0, 0.1) is 13.8 Å². The smallest absolute Gasteiger partial charge is 0.171 e. The van der Waals surface area contributed by atoms with Gasteiger partial charge in [-0.3, -0.25) is 0 Å². The monoisotopic (exact) mass is 254 g/mol. The predicted octanol–water partition coefficient (Wildman–Crippen LogP) is 4.34. The Bertz CT molecular complexity index is 394. The first-order valence-corrected chi connectivity index (χ1v) is 6.86. The maximum Gasteiger partial charge on any atom is 0.171 e. The highest BCUT2D eigenvalue weighted by Gasteiger charge is 2.21. The standard InChI is InChI=1S/C14H22O2S/c1-7(2)11-9(5)10(6)14(17-8(3)4)13(16)12(11)15/h7-8,15-16H,1-6H3. The summed E-state index contributed by atoms with van der Waals surface area (Å²) in [6.07, 6.45) is 0. The fraction of sp³-hybridized carbons (Fsp3) is 0.571. The van der Waals surface area contributed by atoms with E-state index in [1.54, 1.807) is 11.8 Å². The molecule has 3 heteroatoms. The highest BCUT2D eigenvalue weighted by molar-refractivity contribution is 8.00. The Labute approximate surface area is 108 Å². The molecule has 0 amide bonds. The number of phenols is 2. The van der Waals surface area contributed by atoms with E-state index in [1.165, 1.54) is 0 Å². The van der Waals surface area contributed by atoms with Gasteiger partial charge in [-0.1, -0.05) is 27.7 Å². The van der Waals surface area contributed by atoms with Gasteiger partial charge in [0.15, 0.2) is 11.5 Å². The van der Waals surface area contributed by atoms with E-state index < -0.39 is 0 Å². The van der Waals surface area contributed by atoms with Crippen LogP contribution in [0.3, 0.4) is 0 Å². The van der Waals surface area contributed by atoms with Crippen LogP contribution in [-0.2, 0) is 0 Å². The molecule has 1 aromatic carbocycles. The van der Waals surface area contributed by atoms with Crippen molar-refractivity contribution in [2.75, 3.05) is 0 Å². The normalized spacial score (nSPS) is 11.5. The molecule has 0 aliphatic rings. The molecule has 0 unspecified atom stereocenters. The van der Waals surface area contributed by atoms with Crippen LogP contribution < -0.4 is 0 Å². The third-order valence-electron chi connectivity index (χ3n) is 2.93. The average Bonchev–Trinajstić information content (AvgIpc) is 2.21. The molecule has 1 aromatic rings. The molecule has 2 N–H and O–H groups in total. The van der Waals surface area contributed by atoms with Gasteiger partial charge in [0, 0.05) is 10.8 Å². The van der Waals surface area contributed by atoms with Crippen LogP contribution in [0.5, 0.6) is 11.5 Å². The summed E-state index contributed by atoms with van der Waals surface area (Å²) in [5, 5.41) is 20.6. The SMILES string of the molecule is Cc1c(C)c(C(C)C)c(O)c(O)c1SC(C)C. The van der Waals surface area contributed by atoms with E-state index in [9.17, 15) is 10.2 Å². The van der Waals surface area contributed by atoms with Crippen molar-refractivity contribution in [3.05, 3.63) is 16.7 Å². The summed E-state index contributed by atoms with van der Waals surface area (Å²) >= 11 is 1.59. The molecule has 0 fully saturated rings. The molecule has 0 saturated heterocycles. The molecular formula is C14H22O2S. The van der Waals surface area contributed by atoms with Crippen molar-refractivity contribution in [3.63, 3.8) is 0 Å². The Kier molecular flexibility index (Phi) is 4.36. The molecular weight excluding hydrogens is 232 g/mol. The second-order valence-corrected chi connectivity index (χ2v) is 6.60. The number of thioether (sulfide) groups is 1. The summed E-state index contributed by atoms with van der Waals surface area (Å²) in [5.74, 6) is 0.291. The molecule has 96 valence electrons. The molecule has 17 heavy (non-hydrogen) atoms. The van der Waals surface area contributed by atoms with Gasteiger partial charge < -0.3 is 10.2 Å². The number of phenolic OH excluding ortho intramolecular Hbond substituents is 2. The lowest BCUT2D eigenvalue weighted by molar-refractivity contribution is 0.387. The lowest BCUT2D eigenvalue weighted by Gasteiger charge is -2.20. The summed E-state index contributed by atoms with van der Waals surface area (Å²) < 4.78 is 0. The molecule has 0 aliphatic carbocycles. The van der Waals surface area contributed by atoms with Gasteiger partial charge in [-0.25, -0.2) is 0 Å². The zero-order chi connectivity index (χ0) is 13.3. The molecule has 0 radical (unpaired) electrons. The van der Waals surface area contributed by atoms with Crippen LogP contribution in [0.15, 0.2) is 4.90 Å². The van der Waals surface area contributed by atoms with E-state index in [4.69, 9.17) is 0 Å². The molecule has 1 rings (SSSR count). The summed E-state index contributed by atoms with van der Waals surface area (Å²) in [6.45, 7) is 12.2. The molecule has 0 spiro atoms. The topological polar surface area (TPSA) is 40.5 Å². The van der Waals surface area contributed by atoms with Crippen molar-refractivity contribution in [1.29, 1.82) is 0 Å². The molecule has 0 aliphatic heterocycles. The van der Waals surface area contributed by atoms with E-state index in [-0.39, 0.29) is 17.4 Å². The average molecular weight is 254 g/mol. The molecule has 0 atom stereocenters. The predicted molar refractivity (Wildman–Crippen MR) is 74.3 cm³/mol. The summed E-state index contributed by atoms with van der Waals surface area (Å²) in [7, 11) is 0. The van der Waals surface area contributed by atoms with Crippen LogP contribution in [0.1, 0.15) is 50.3 Å². The van der Waals surface area contributed by atoms with Crippen molar-refractivity contribution in [2.45, 2.75) is 57.6 Å². The number of hydrogen-bond donors (Lipinski definition) is 2. The fourth-order valence-corrected chi connectivity index (χ4v) is 3.06. The van der Waals surface area contributed by atoms with Crippen molar-refractivity contribution in [1.82, 2.24) is 0 Å². The Hall–Kier alpha value is -0.830. The second-order valence-electron chi connectivity index (χ2n) is 5.01. The Morgan fingerprint density at radius 2 is 1.41 bits per heavy atom. The maximum absolute atomic E-state index is 10.1. The van der Waals surface area contributed by atoms with Gasteiger partial charge in [-0.15, -0.1) is 11.8 Å². The van der Waals surface area contributed by atoms with Gasteiger partial charge in [0.25, 0.3) is 0 Å². The maximum atomic E-state index is 10.1. The minimum Gasteiger partial charge on any atom is -0.504 e. The highest BCUT2D eigenvalue weighted by Crippen LogP contribution is 2.46. The van der Waals surface area contributed by atoms with E-state index in [0.29, 0.717) is 5.25 Å². The van der Waals surface area contributed by atoms with Crippen molar-refractivity contribution >= 4 is 11.8 Å². The van der Waals surface area contributed by atoms with Crippen LogP contribution in [-0.4, -0.2) is 15.5 Å². The number of benzene rings is 1. The Morgan fingerprint density at radius 1 is 0.882 bits per heavy atom. The first-order chi connectivity index (χ1) is 7.77. The Morgan fingerprint density at radius 3 is 1.82 bits per heavy atom. The molecule has 0 bridgehead atoms. The minimum absolute atomic E-state index is 0.0375. The molecule has 2 nitrogen and oxygen atoms in total. The van der Waals surface area contributed by atoms with Crippen LogP contribution in [0.25, 0.3) is 0 Å². The van der Waals surface area contributed by atoms with E-state index in [2.05, 4.69) is 13.8 Å². The van der Waals surface area contributed by atoms with E-state index in [0.717, 1.165) is 21.6 Å². The van der Waals surface area contributed by atoms with Crippen molar-refractivity contribution in [2.24, 2.45) is 0 Å². The third kappa shape index (κ3) is 2.71. The quantitative estimate of drug-likeness (QED) is 0.622. The van der Waals surface area contributed by atoms with E-state index >= 15 is 0 Å². The van der Waals surface area contributed by atoms with Gasteiger partial charge in [0.2, 0.25) is 0 Å². The highest BCUT2D eigenvalue weighted by atomic mass is 32.2. The first-order valence-electron chi connectivity index (χ1n) is 5.99. The van der Waals surface area contributed by atoms with Gasteiger partial charge >= 0.3 is 0 Å². The summed E-state index contributed by atoms with van der Waals surface area (Å²) in [4.78, 5) is 0.805. The number of rotatable bonds is 3. The van der Waals surface area contributed by atoms with Gasteiger partial charge in [-0.2, -0.15) is 0 Å². The third-order valence-corrected chi connectivity index (χ3v) is 4.14. The van der Waals surface area contributed by atoms with Gasteiger partial charge in [-0.05, 0) is 30.9 Å². The number of aromatic hydroxyl groups is 2. The minimum atomic E-state index is 0.0375. The van der Waals surface area contributed by atoms with Crippen molar-refractivity contribution < 1.29 is 10.2 Å². The zero-order valence-corrected chi connectivity index (χ0v) is 12.3. The first kappa shape index (κ1) is 14.2. The van der Waals surface area contributed by atoms with Crippen LogP contribution >= 0.6 is 11.8 Å². The van der Waals surface area contributed by atoms with Crippen LogP contribution in [0.4, 0.5) is 0 Å². The molecule has 0 heterocycles. The lowest BCUT2D eigenvalue weighted by atomic mass is 9.93. The largest absolute Gasteiger partial charge is 0.504 e. The zero-order valence-electron chi connectivity index (χ0n) is 11.5. The molecule has 0 saturated carbocycles. The van der Waals surface area contributed by atoms with E-state index in [1.807, 2.05) is 27.7 Å². The summed E-state index contributed by atoms with van der Waals surface area (Å²) in [5.41, 5.74) is 3.01. The second kappa shape index (κ2) is 5.21. The van der Waals surface area contributed by atoms with Gasteiger partial charge in [0.1, 0.15) is 0 Å².